The van der Waals surface area contributed by atoms with Crippen LogP contribution in [0.25, 0.3) is 0 Å². The van der Waals surface area contributed by atoms with E-state index in [0.29, 0.717) is 12.5 Å². The molecular weight excluding hydrogens is 288 g/mol. The predicted octanol–water partition coefficient (Wildman–Crippen LogP) is 1.30. The van der Waals surface area contributed by atoms with Gasteiger partial charge in [0.1, 0.15) is 0 Å². The summed E-state index contributed by atoms with van der Waals surface area (Å²) in [6.07, 6.45) is 5.38. The molecule has 1 aliphatic rings. The Balaban J connectivity index is 2.19. The number of imidazole rings is 1. The van der Waals surface area contributed by atoms with Crippen LogP contribution in [0.15, 0.2) is 17.6 Å². The van der Waals surface area contributed by atoms with E-state index in [1.807, 2.05) is 20.8 Å². The lowest BCUT2D eigenvalue weighted by atomic mass is 9.99. The number of hydrogen-bond donors (Lipinski definition) is 1. The highest BCUT2D eigenvalue weighted by atomic mass is 32.2. The number of aromatic nitrogens is 2. The van der Waals surface area contributed by atoms with E-state index < -0.39 is 10.0 Å². The van der Waals surface area contributed by atoms with Crippen LogP contribution in [0.2, 0.25) is 0 Å². The van der Waals surface area contributed by atoms with E-state index in [2.05, 4.69) is 10.3 Å². The molecule has 7 heteroatoms. The quantitative estimate of drug-likeness (QED) is 0.859. The van der Waals surface area contributed by atoms with Gasteiger partial charge in [-0.05, 0) is 52.6 Å². The first-order valence-electron chi connectivity index (χ1n) is 7.69. The number of nitrogens with zero attached hydrogens (tertiary/aromatic N) is 3. The molecule has 1 saturated heterocycles. The number of nitrogens with one attached hydrogen (secondary N) is 1. The molecule has 1 unspecified atom stereocenters. The fourth-order valence-electron chi connectivity index (χ4n) is 2.69. The fourth-order valence-corrected chi connectivity index (χ4v) is 4.34. The van der Waals surface area contributed by atoms with Crippen LogP contribution in [0.1, 0.15) is 33.6 Å². The van der Waals surface area contributed by atoms with Gasteiger partial charge in [0.05, 0.1) is 6.33 Å². The molecule has 21 heavy (non-hydrogen) atoms. The second-order valence-electron chi connectivity index (χ2n) is 5.92. The highest BCUT2D eigenvalue weighted by molar-refractivity contribution is 7.89. The summed E-state index contributed by atoms with van der Waals surface area (Å²) in [6.45, 7) is 9.01. The van der Waals surface area contributed by atoms with Gasteiger partial charge < -0.3 is 9.88 Å². The second-order valence-corrected chi connectivity index (χ2v) is 7.76. The summed E-state index contributed by atoms with van der Waals surface area (Å²) in [5, 5.41) is 3.50. The monoisotopic (exact) mass is 314 g/mol. The van der Waals surface area contributed by atoms with E-state index >= 15 is 0 Å². The highest BCUT2D eigenvalue weighted by Crippen LogP contribution is 2.21. The van der Waals surface area contributed by atoms with Crippen molar-refractivity contribution in [3.63, 3.8) is 0 Å². The Morgan fingerprint density at radius 2 is 2.29 bits per heavy atom. The van der Waals surface area contributed by atoms with Gasteiger partial charge in [0.2, 0.25) is 0 Å². The van der Waals surface area contributed by atoms with Crippen molar-refractivity contribution in [2.75, 3.05) is 19.6 Å². The van der Waals surface area contributed by atoms with Gasteiger partial charge in [-0.15, -0.1) is 0 Å². The summed E-state index contributed by atoms with van der Waals surface area (Å²) in [7, 11) is -3.52. The maximum atomic E-state index is 12.8. The molecule has 2 heterocycles. The lowest BCUT2D eigenvalue weighted by Gasteiger charge is -2.31. The lowest BCUT2D eigenvalue weighted by molar-refractivity contribution is 0.263. The molecule has 120 valence electrons. The molecule has 0 aromatic carbocycles. The van der Waals surface area contributed by atoms with Crippen molar-refractivity contribution in [3.05, 3.63) is 12.5 Å². The van der Waals surface area contributed by atoms with E-state index in [-0.39, 0.29) is 11.1 Å². The first kappa shape index (κ1) is 16.5. The molecular formula is C14H26N4O2S. The standard InChI is InChI=1S/C14H26N4O2S/c1-4-17-10-14(16-11-17)21(19,20)18(12(2)3)9-13-6-5-7-15-8-13/h10-13,15H,4-9H2,1-3H3. The van der Waals surface area contributed by atoms with Crippen LogP contribution >= 0.6 is 0 Å². The average molecular weight is 314 g/mol. The normalized spacial score (nSPS) is 20.3. The maximum absolute atomic E-state index is 12.8. The zero-order chi connectivity index (χ0) is 15.5. The molecule has 0 saturated carbocycles. The van der Waals surface area contributed by atoms with Gasteiger partial charge >= 0.3 is 0 Å². The van der Waals surface area contributed by atoms with Gasteiger partial charge in [-0.3, -0.25) is 0 Å². The smallest absolute Gasteiger partial charge is 0.262 e. The van der Waals surface area contributed by atoms with E-state index in [4.69, 9.17) is 0 Å². The largest absolute Gasteiger partial charge is 0.336 e. The van der Waals surface area contributed by atoms with Gasteiger partial charge in [0, 0.05) is 25.3 Å². The molecule has 1 fully saturated rings. The predicted molar refractivity (Wildman–Crippen MR) is 82.5 cm³/mol. The number of aryl methyl sites for hydroxylation is 1. The number of piperidine rings is 1. The lowest BCUT2D eigenvalue weighted by Crippen LogP contribution is -2.44. The minimum Gasteiger partial charge on any atom is -0.336 e. The maximum Gasteiger partial charge on any atom is 0.262 e. The van der Waals surface area contributed by atoms with Crippen molar-refractivity contribution in [2.24, 2.45) is 5.92 Å². The van der Waals surface area contributed by atoms with Gasteiger partial charge in [0.25, 0.3) is 10.0 Å². The third-order valence-corrected chi connectivity index (χ3v) is 5.89. The van der Waals surface area contributed by atoms with Gasteiger partial charge in [-0.2, -0.15) is 4.31 Å². The van der Waals surface area contributed by atoms with E-state index in [9.17, 15) is 8.42 Å². The fraction of sp³-hybridized carbons (Fsp3) is 0.786. The van der Waals surface area contributed by atoms with E-state index in [1.165, 1.54) is 0 Å². The van der Waals surface area contributed by atoms with Crippen LogP contribution < -0.4 is 5.32 Å². The minimum absolute atomic E-state index is 0.0660. The Hall–Kier alpha value is -0.920. The summed E-state index contributed by atoms with van der Waals surface area (Å²) < 4.78 is 29.0. The van der Waals surface area contributed by atoms with Crippen molar-refractivity contribution < 1.29 is 8.42 Å². The molecule has 0 bridgehead atoms. The minimum atomic E-state index is -3.52. The van der Waals surface area contributed by atoms with Crippen LogP contribution in [0.5, 0.6) is 0 Å². The summed E-state index contributed by atoms with van der Waals surface area (Å²) in [5.41, 5.74) is 0. The Bertz CT molecular complexity index is 547. The van der Waals surface area contributed by atoms with Crippen LogP contribution in [0.3, 0.4) is 0 Å². The molecule has 2 rings (SSSR count). The number of rotatable bonds is 6. The molecule has 1 N–H and O–H groups in total. The van der Waals surface area contributed by atoms with Crippen LogP contribution in [0.4, 0.5) is 0 Å². The average Bonchev–Trinajstić information content (AvgIpc) is 2.95. The zero-order valence-corrected chi connectivity index (χ0v) is 13.9. The first-order chi connectivity index (χ1) is 9.95. The van der Waals surface area contributed by atoms with Crippen molar-refractivity contribution in [1.82, 2.24) is 19.2 Å². The SMILES string of the molecule is CCn1cnc(S(=O)(=O)N(CC2CCCNC2)C(C)C)c1. The van der Waals surface area contributed by atoms with Gasteiger partial charge in [-0.25, -0.2) is 13.4 Å². The summed E-state index contributed by atoms with van der Waals surface area (Å²) >= 11 is 0. The first-order valence-corrected chi connectivity index (χ1v) is 9.13. The van der Waals surface area contributed by atoms with Crippen molar-refractivity contribution in [2.45, 2.75) is 51.2 Å². The molecule has 0 spiro atoms. The third kappa shape index (κ3) is 3.84. The topological polar surface area (TPSA) is 67.2 Å². The third-order valence-electron chi connectivity index (χ3n) is 3.96. The van der Waals surface area contributed by atoms with Crippen molar-refractivity contribution in [3.8, 4) is 0 Å². The number of hydrogen-bond acceptors (Lipinski definition) is 4. The van der Waals surface area contributed by atoms with E-state index in [0.717, 1.165) is 32.5 Å². The van der Waals surface area contributed by atoms with Crippen LogP contribution in [-0.2, 0) is 16.6 Å². The Morgan fingerprint density at radius 3 is 2.81 bits per heavy atom. The zero-order valence-electron chi connectivity index (χ0n) is 13.1. The van der Waals surface area contributed by atoms with Crippen LogP contribution in [-0.4, -0.2) is 48.0 Å². The Morgan fingerprint density at radius 1 is 1.52 bits per heavy atom. The molecule has 0 aliphatic carbocycles. The number of sulfonamides is 1. The van der Waals surface area contributed by atoms with Crippen LogP contribution in [0, 0.1) is 5.92 Å². The summed E-state index contributed by atoms with van der Waals surface area (Å²) in [5.74, 6) is 0.379. The molecule has 0 radical (unpaired) electrons. The van der Waals surface area contributed by atoms with Crippen molar-refractivity contribution in [1.29, 1.82) is 0 Å². The molecule has 6 nitrogen and oxygen atoms in total. The summed E-state index contributed by atoms with van der Waals surface area (Å²) in [4.78, 5) is 4.07. The second kappa shape index (κ2) is 6.89. The molecule has 1 atom stereocenters. The Kier molecular flexibility index (Phi) is 5.40. The van der Waals surface area contributed by atoms with Crippen molar-refractivity contribution >= 4 is 10.0 Å². The highest BCUT2D eigenvalue weighted by Gasteiger charge is 2.31. The Labute approximate surface area is 127 Å². The van der Waals surface area contributed by atoms with E-state index in [1.54, 1.807) is 21.4 Å². The molecule has 1 aromatic rings. The van der Waals surface area contributed by atoms with Gasteiger partial charge in [0.15, 0.2) is 5.03 Å². The molecule has 1 aromatic heterocycles. The summed E-state index contributed by atoms with van der Waals surface area (Å²) in [6, 6.07) is -0.0660. The van der Waals surface area contributed by atoms with Gasteiger partial charge in [-0.1, -0.05) is 0 Å². The molecule has 0 amide bonds. The molecule has 1 aliphatic heterocycles.